The Morgan fingerprint density at radius 3 is 2.48 bits per heavy atom. The van der Waals surface area contributed by atoms with Crippen molar-refractivity contribution in [1.82, 2.24) is 14.8 Å². The zero-order valence-corrected chi connectivity index (χ0v) is 35.5. The van der Waals surface area contributed by atoms with E-state index in [-0.39, 0.29) is 30.4 Å². The van der Waals surface area contributed by atoms with Gasteiger partial charge in [0.1, 0.15) is 28.5 Å². The highest BCUT2D eigenvalue weighted by Gasteiger charge is 2.68. The number of amides is 4. The van der Waals surface area contributed by atoms with Crippen LogP contribution in [0.2, 0.25) is 5.02 Å². The number of para-hydroxylation sites is 2. The summed E-state index contributed by atoms with van der Waals surface area (Å²) in [5.41, 5.74) is 3.73. The predicted molar refractivity (Wildman–Crippen MR) is 235 cm³/mol. The Hall–Kier alpha value is -6.57. The lowest BCUT2D eigenvalue weighted by atomic mass is 9.51. The molecule has 310 valence electrons. The summed E-state index contributed by atoms with van der Waals surface area (Å²) in [7, 11) is 3.20. The number of phenolic OH excluding ortho intramolecular Hbond substituents is 1. The molecular weight excluding hydrogens is 826 g/mol. The van der Waals surface area contributed by atoms with Gasteiger partial charge in [-0.05, 0) is 110 Å². The second kappa shape index (κ2) is 13.7. The number of methoxy groups -OCH3 is 1. The van der Waals surface area contributed by atoms with Gasteiger partial charge in [0, 0.05) is 39.9 Å². The predicted octanol–water partition coefficient (Wildman–Crippen LogP) is 9.22. The van der Waals surface area contributed by atoms with Crippen LogP contribution in [0.25, 0.3) is 43.2 Å². The first kappa shape index (κ1) is 38.4. The van der Waals surface area contributed by atoms with Crippen molar-refractivity contribution in [1.29, 1.82) is 0 Å². The molecule has 2 aliphatic carbocycles. The number of benzene rings is 4. The van der Waals surface area contributed by atoms with Crippen LogP contribution >= 0.6 is 22.9 Å². The summed E-state index contributed by atoms with van der Waals surface area (Å²) >= 11 is 7.90. The molecule has 3 fully saturated rings. The molecule has 4 amide bonds. The topological polar surface area (TPSA) is 148 Å². The van der Waals surface area contributed by atoms with Gasteiger partial charge < -0.3 is 14.3 Å². The fourth-order valence-electron chi connectivity index (χ4n) is 10.8. The van der Waals surface area contributed by atoms with E-state index in [0.29, 0.717) is 50.6 Å². The van der Waals surface area contributed by atoms with Crippen molar-refractivity contribution >= 4 is 79.3 Å². The molecule has 14 heteroatoms. The number of hydrogen-bond acceptors (Lipinski definition) is 10. The van der Waals surface area contributed by atoms with Gasteiger partial charge in [0.2, 0.25) is 29.5 Å². The van der Waals surface area contributed by atoms with E-state index in [9.17, 15) is 14.7 Å². The molecule has 11 rings (SSSR count). The Labute approximate surface area is 364 Å². The molecule has 3 aromatic heterocycles. The van der Waals surface area contributed by atoms with E-state index < -0.39 is 46.8 Å². The van der Waals surface area contributed by atoms with E-state index in [1.165, 1.54) is 23.0 Å². The number of oxazole rings is 1. The zero-order valence-electron chi connectivity index (χ0n) is 34.0. The van der Waals surface area contributed by atoms with Gasteiger partial charge in [0.05, 0.1) is 40.8 Å². The number of aryl methyl sites for hydroxylation is 2. The van der Waals surface area contributed by atoms with Crippen molar-refractivity contribution in [3.8, 4) is 33.5 Å². The number of thiophene rings is 1. The highest BCUT2D eigenvalue weighted by Crippen LogP contribution is 2.65. The fourth-order valence-corrected chi connectivity index (χ4v) is 12.1. The lowest BCUT2D eigenvalue weighted by molar-refractivity contribution is -0.131. The number of ether oxygens (including phenoxy) is 1. The first-order chi connectivity index (χ1) is 29.9. The zero-order chi connectivity index (χ0) is 42.9. The van der Waals surface area contributed by atoms with Crippen molar-refractivity contribution in [2.24, 2.45) is 36.1 Å². The number of hydrogen-bond donors (Lipinski definition) is 1. The molecule has 5 heterocycles. The van der Waals surface area contributed by atoms with Crippen molar-refractivity contribution in [2.75, 3.05) is 16.9 Å². The maximum Gasteiger partial charge on any atom is 0.242 e. The second-order valence-corrected chi connectivity index (χ2v) is 18.3. The normalized spacial score (nSPS) is 24.5. The number of fused-ring (bicyclic) bond motifs is 6. The van der Waals surface area contributed by atoms with Crippen LogP contribution in [0.4, 0.5) is 11.5 Å². The minimum absolute atomic E-state index is 0.102. The van der Waals surface area contributed by atoms with Crippen molar-refractivity contribution in [3.63, 3.8) is 0 Å². The Balaban J connectivity index is 0.982. The Bertz CT molecular complexity index is 3100. The van der Waals surface area contributed by atoms with Gasteiger partial charge in [-0.2, -0.15) is 5.10 Å². The fraction of sp³-hybridized carbons (Fsp3) is 0.250. The average molecular weight is 864 g/mol. The highest BCUT2D eigenvalue weighted by atomic mass is 35.5. The molecule has 2 aliphatic heterocycles. The molecule has 1 N–H and O–H groups in total. The van der Waals surface area contributed by atoms with Gasteiger partial charge in [-0.25, -0.2) is 9.88 Å². The van der Waals surface area contributed by atoms with Crippen molar-refractivity contribution < 1.29 is 33.4 Å². The van der Waals surface area contributed by atoms with Gasteiger partial charge in [0.15, 0.2) is 5.58 Å². The number of carbonyl (C=O) groups is 4. The number of imide groups is 2. The number of allylic oxidation sites excluding steroid dienone is 2. The summed E-state index contributed by atoms with van der Waals surface area (Å²) in [6, 6.07) is 26.8. The lowest BCUT2D eigenvalue weighted by Gasteiger charge is -2.49. The maximum absolute atomic E-state index is 15.3. The van der Waals surface area contributed by atoms with E-state index in [1.807, 2.05) is 55.5 Å². The number of rotatable bonds is 6. The van der Waals surface area contributed by atoms with Crippen molar-refractivity contribution in [3.05, 3.63) is 119 Å². The molecule has 0 radical (unpaired) electrons. The van der Waals surface area contributed by atoms with E-state index in [0.717, 1.165) is 31.6 Å². The number of nitrogens with zero attached hydrogens (tertiary/aromatic N) is 5. The number of anilines is 2. The third-order valence-corrected chi connectivity index (χ3v) is 15.2. The standard InChI is InChI=1S/C48H38ClN5O7S/c1-23-29-20-25(49)14-19-37(29)62-42(23)33-22-38(52(3)51-33)54-45(57)31-21-30-27(41(48(31,2)47(54)59)40-34(55)9-7-11-36(40)60-4)17-18-28-39(30)46(58)53(44(28)56)26-15-12-24(13-16-26)43-50-32-8-5-6-10-35(32)61-43/h5-17,19-20,22,28,30-31,39,41,55H,18,21H2,1-4H3/t28-,30+,31-,39-,41+,48+/m0/s1. The summed E-state index contributed by atoms with van der Waals surface area (Å²) in [6.07, 6.45) is 2.33. The summed E-state index contributed by atoms with van der Waals surface area (Å²) in [4.78, 5) is 67.5. The van der Waals surface area contributed by atoms with Crippen LogP contribution in [0.1, 0.15) is 36.8 Å². The van der Waals surface area contributed by atoms with Crippen LogP contribution in [0.5, 0.6) is 11.5 Å². The minimum atomic E-state index is -1.42. The van der Waals surface area contributed by atoms with E-state index in [1.54, 1.807) is 72.5 Å². The van der Waals surface area contributed by atoms with Crippen LogP contribution in [-0.4, -0.2) is 50.6 Å². The maximum atomic E-state index is 15.3. The molecule has 4 aromatic carbocycles. The van der Waals surface area contributed by atoms with Gasteiger partial charge in [-0.3, -0.25) is 28.8 Å². The number of phenols is 1. The molecule has 1 saturated carbocycles. The highest BCUT2D eigenvalue weighted by molar-refractivity contribution is 7.22. The van der Waals surface area contributed by atoms with Gasteiger partial charge in [-0.1, -0.05) is 41.4 Å². The first-order valence-corrected chi connectivity index (χ1v) is 21.6. The quantitative estimate of drug-likeness (QED) is 0.128. The lowest BCUT2D eigenvalue weighted by Crippen LogP contribution is -2.49. The molecule has 62 heavy (non-hydrogen) atoms. The molecule has 7 aromatic rings. The largest absolute Gasteiger partial charge is 0.508 e. The minimum Gasteiger partial charge on any atom is -0.508 e. The third kappa shape index (κ3) is 5.30. The summed E-state index contributed by atoms with van der Waals surface area (Å²) in [5, 5.41) is 18.1. The van der Waals surface area contributed by atoms with Crippen LogP contribution < -0.4 is 14.5 Å². The average Bonchev–Trinajstić information content (AvgIpc) is 4.05. The molecular formula is C48H38ClN5O7S. The Morgan fingerprint density at radius 2 is 1.71 bits per heavy atom. The number of aromatic hydroxyl groups is 1. The Morgan fingerprint density at radius 1 is 0.919 bits per heavy atom. The molecule has 12 nitrogen and oxygen atoms in total. The van der Waals surface area contributed by atoms with E-state index in [4.69, 9.17) is 25.9 Å². The van der Waals surface area contributed by atoms with Gasteiger partial charge in [-0.15, -0.1) is 11.3 Å². The van der Waals surface area contributed by atoms with Crippen LogP contribution in [0, 0.1) is 36.0 Å². The monoisotopic (exact) mass is 863 g/mol. The molecule has 6 atom stereocenters. The van der Waals surface area contributed by atoms with Crippen LogP contribution in [-0.2, 0) is 26.2 Å². The van der Waals surface area contributed by atoms with Gasteiger partial charge >= 0.3 is 0 Å². The smallest absolute Gasteiger partial charge is 0.242 e. The first-order valence-electron chi connectivity index (χ1n) is 20.4. The molecule has 4 aliphatic rings. The molecule has 0 spiro atoms. The second-order valence-electron chi connectivity index (χ2n) is 16.8. The summed E-state index contributed by atoms with van der Waals surface area (Å²) in [5.74, 6) is -4.53. The molecule has 2 saturated heterocycles. The third-order valence-electron chi connectivity index (χ3n) is 13.7. The van der Waals surface area contributed by atoms with Crippen LogP contribution in [0.15, 0.2) is 107 Å². The van der Waals surface area contributed by atoms with Crippen LogP contribution in [0.3, 0.4) is 0 Å². The Kier molecular flexibility index (Phi) is 8.49. The number of aromatic nitrogens is 3. The molecule has 0 unspecified atom stereocenters. The SMILES string of the molecule is COc1cccc(O)c1[C@H]1C2=CC[C@@H]3C(=O)N(c4ccc(-c5nc6ccccc6o5)cc4)C(=O)[C@@H]3[C@@H]2C[C@H]2C(=O)N(c3cc(-c4sc5ccc(Cl)cc5c4C)nn3C)C(=O)[C@@]12C. The number of carbonyl (C=O) groups excluding carboxylic acids is 4. The number of halogens is 1. The van der Waals surface area contributed by atoms with Crippen molar-refractivity contribution in [2.45, 2.75) is 32.6 Å². The molecule has 0 bridgehead atoms. The van der Waals surface area contributed by atoms with E-state index in [2.05, 4.69) is 4.98 Å². The van der Waals surface area contributed by atoms with Gasteiger partial charge in [0.25, 0.3) is 0 Å². The summed E-state index contributed by atoms with van der Waals surface area (Å²) < 4.78 is 14.4. The summed E-state index contributed by atoms with van der Waals surface area (Å²) in [6.45, 7) is 3.78. The van der Waals surface area contributed by atoms with E-state index >= 15 is 9.59 Å².